The highest BCUT2D eigenvalue weighted by Gasteiger charge is 2.51. The van der Waals surface area contributed by atoms with E-state index in [1.54, 1.807) is 78.9 Å². The molecule has 2 N–H and O–H groups in total. The van der Waals surface area contributed by atoms with E-state index in [0.29, 0.717) is 10.6 Å². The molecule has 0 aromatic heterocycles. The second-order valence-electron chi connectivity index (χ2n) is 9.81. The van der Waals surface area contributed by atoms with Gasteiger partial charge in [-0.1, -0.05) is 78.9 Å². The van der Waals surface area contributed by atoms with E-state index in [2.05, 4.69) is 5.32 Å². The first kappa shape index (κ1) is 31.6. The van der Waals surface area contributed by atoms with Crippen molar-refractivity contribution in [1.82, 2.24) is 5.32 Å². The third-order valence-corrected chi connectivity index (χ3v) is 9.87. The average Bonchev–Trinajstić information content (AvgIpc) is 2.99. The molecule has 11 nitrogen and oxygen atoms in total. The normalized spacial score (nSPS) is 21.7. The predicted molar refractivity (Wildman–Crippen MR) is 156 cm³/mol. The molecule has 3 aromatic rings. The molecule has 0 radical (unpaired) electrons. The molecule has 3 aromatic carbocycles. The summed E-state index contributed by atoms with van der Waals surface area (Å²) in [4.78, 5) is 49.4. The number of carbonyl (C=O) groups excluding carboxylic acids is 4. The number of benzene rings is 3. The van der Waals surface area contributed by atoms with Crippen LogP contribution in [-0.2, 0) is 37.9 Å². The molecule has 43 heavy (non-hydrogen) atoms. The number of amides is 1. The number of ether oxygens (including phenoxy) is 4. The summed E-state index contributed by atoms with van der Waals surface area (Å²) >= 11 is 0. The van der Waals surface area contributed by atoms with Gasteiger partial charge in [-0.3, -0.25) is 19.2 Å². The Hall–Kier alpha value is -4.31. The Morgan fingerprint density at radius 2 is 1.28 bits per heavy atom. The molecule has 1 saturated heterocycles. The van der Waals surface area contributed by atoms with Crippen LogP contribution in [0.1, 0.15) is 31.1 Å². The van der Waals surface area contributed by atoms with Crippen LogP contribution in [0.2, 0.25) is 0 Å². The average molecular weight is 610 g/mol. The van der Waals surface area contributed by atoms with Gasteiger partial charge in [0, 0.05) is 36.7 Å². The summed E-state index contributed by atoms with van der Waals surface area (Å²) in [5, 5.41) is 14.8. The lowest BCUT2D eigenvalue weighted by Crippen LogP contribution is -2.66. The van der Waals surface area contributed by atoms with Crippen molar-refractivity contribution in [2.75, 3.05) is 6.61 Å². The van der Waals surface area contributed by atoms with Crippen molar-refractivity contribution in [2.24, 2.45) is 0 Å². The van der Waals surface area contributed by atoms with Crippen LogP contribution in [0.4, 0.5) is 0 Å². The zero-order valence-corrected chi connectivity index (χ0v) is 24.6. The van der Waals surface area contributed by atoms with Gasteiger partial charge in [0.2, 0.25) is 0 Å². The van der Waals surface area contributed by atoms with E-state index in [4.69, 9.17) is 18.9 Å². The molecule has 1 amide bonds. The number of rotatable bonds is 9. The fourth-order valence-corrected chi connectivity index (χ4v) is 7.80. The molecule has 4 rings (SSSR count). The van der Waals surface area contributed by atoms with Gasteiger partial charge in [-0.15, -0.1) is 0 Å². The van der Waals surface area contributed by atoms with Gasteiger partial charge >= 0.3 is 17.9 Å². The Balaban J connectivity index is 1.75. The molecule has 0 aliphatic carbocycles. The Kier molecular flexibility index (Phi) is 10.1. The van der Waals surface area contributed by atoms with E-state index >= 15 is 4.57 Å². The minimum absolute atomic E-state index is 0.0402. The summed E-state index contributed by atoms with van der Waals surface area (Å²) in [7, 11) is -3.59. The van der Waals surface area contributed by atoms with E-state index in [1.165, 1.54) is 6.07 Å². The predicted octanol–water partition coefficient (Wildman–Crippen LogP) is 1.57. The Morgan fingerprint density at radius 1 is 0.767 bits per heavy atom. The minimum Gasteiger partial charge on any atom is -0.463 e. The second kappa shape index (κ2) is 13.8. The summed E-state index contributed by atoms with van der Waals surface area (Å²) < 4.78 is 36.4. The number of hydrogen-bond acceptors (Lipinski definition) is 10. The maximum absolute atomic E-state index is 15.0. The van der Waals surface area contributed by atoms with Crippen molar-refractivity contribution in [3.8, 4) is 0 Å². The zero-order valence-electron chi connectivity index (χ0n) is 23.7. The molecule has 12 heteroatoms. The first-order valence-electron chi connectivity index (χ1n) is 13.5. The molecule has 1 aliphatic heterocycles. The topological polar surface area (TPSA) is 155 Å². The Morgan fingerprint density at radius 3 is 1.81 bits per heavy atom. The second-order valence-corrected chi connectivity index (χ2v) is 12.5. The fraction of sp³-hybridized carbons (Fsp3) is 0.290. The maximum atomic E-state index is 15.0. The van der Waals surface area contributed by atoms with Crippen LogP contribution in [-0.4, -0.2) is 66.2 Å². The van der Waals surface area contributed by atoms with Crippen LogP contribution in [0, 0.1) is 0 Å². The highest BCUT2D eigenvalue weighted by molar-refractivity contribution is 7.85. The standard InChI is InChI=1S/C31H32NO10P/c1-19(33)39-18-25-28(40-20(2)34)29(41-21(3)35)27(31(37)42-25)32-30(36)24-16-10-11-17-26(24)43(38,22-12-6-4-7-13-22)23-14-8-5-9-15-23/h4-17,25,27-29,31,37H,18H2,1-3H3,(H,32,36)/t25?,27?,28-,29-,31?/m1/s1. The van der Waals surface area contributed by atoms with Crippen molar-refractivity contribution in [3.05, 3.63) is 90.5 Å². The van der Waals surface area contributed by atoms with E-state index in [1.807, 2.05) is 0 Å². The first-order valence-corrected chi connectivity index (χ1v) is 15.2. The monoisotopic (exact) mass is 609 g/mol. The molecule has 1 aliphatic rings. The lowest BCUT2D eigenvalue weighted by Gasteiger charge is -2.43. The molecule has 5 atom stereocenters. The van der Waals surface area contributed by atoms with Gasteiger partial charge in [0.1, 0.15) is 18.8 Å². The van der Waals surface area contributed by atoms with E-state index in [9.17, 15) is 24.3 Å². The highest BCUT2D eigenvalue weighted by Crippen LogP contribution is 2.43. The molecule has 0 spiro atoms. The molecule has 0 bridgehead atoms. The lowest BCUT2D eigenvalue weighted by atomic mass is 9.96. The summed E-state index contributed by atoms with van der Waals surface area (Å²) in [6, 6.07) is 22.5. The van der Waals surface area contributed by atoms with Gasteiger partial charge in [0.25, 0.3) is 5.91 Å². The van der Waals surface area contributed by atoms with Crippen LogP contribution >= 0.6 is 7.14 Å². The highest BCUT2D eigenvalue weighted by atomic mass is 31.2. The van der Waals surface area contributed by atoms with Crippen LogP contribution in [0.15, 0.2) is 84.9 Å². The van der Waals surface area contributed by atoms with E-state index < -0.39 is 68.2 Å². The maximum Gasteiger partial charge on any atom is 0.303 e. The van der Waals surface area contributed by atoms with Gasteiger partial charge in [-0.05, 0) is 6.07 Å². The van der Waals surface area contributed by atoms with Gasteiger partial charge in [-0.25, -0.2) is 0 Å². The molecule has 1 fully saturated rings. The molecule has 1 heterocycles. The summed E-state index contributed by atoms with van der Waals surface area (Å²) in [5.41, 5.74) is 0.0402. The van der Waals surface area contributed by atoms with E-state index in [-0.39, 0.29) is 10.9 Å². The number of aliphatic hydroxyl groups excluding tert-OH is 1. The number of hydrogen-bond donors (Lipinski definition) is 2. The largest absolute Gasteiger partial charge is 0.463 e. The summed E-state index contributed by atoms with van der Waals surface area (Å²) in [5.74, 6) is -2.97. The van der Waals surface area contributed by atoms with Crippen molar-refractivity contribution in [1.29, 1.82) is 0 Å². The van der Waals surface area contributed by atoms with Crippen LogP contribution in [0.25, 0.3) is 0 Å². The zero-order chi connectivity index (χ0) is 31.1. The van der Waals surface area contributed by atoms with Crippen molar-refractivity contribution >= 4 is 46.9 Å². The van der Waals surface area contributed by atoms with Crippen LogP contribution in [0.3, 0.4) is 0 Å². The molecular formula is C31H32NO10P. The number of aliphatic hydroxyl groups is 1. The molecule has 3 unspecified atom stereocenters. The van der Waals surface area contributed by atoms with Crippen LogP contribution in [0.5, 0.6) is 0 Å². The Labute approximate surface area is 248 Å². The third-order valence-electron chi connectivity index (χ3n) is 6.75. The molecular weight excluding hydrogens is 577 g/mol. The fourth-order valence-electron chi connectivity index (χ4n) is 4.95. The summed E-state index contributed by atoms with van der Waals surface area (Å²) in [6.07, 6.45) is -5.78. The molecule has 226 valence electrons. The van der Waals surface area contributed by atoms with Gasteiger partial charge in [-0.2, -0.15) is 0 Å². The SMILES string of the molecule is CC(=O)OCC1OC(O)C(NC(=O)c2ccccc2P(=O)(c2ccccc2)c2ccccc2)[C@@H](OC(C)=O)[C@@H]1OC(C)=O. The smallest absolute Gasteiger partial charge is 0.303 e. The van der Waals surface area contributed by atoms with Gasteiger partial charge in [0.05, 0.1) is 5.56 Å². The lowest BCUT2D eigenvalue weighted by molar-refractivity contribution is -0.263. The van der Waals surface area contributed by atoms with Crippen LogP contribution < -0.4 is 21.2 Å². The van der Waals surface area contributed by atoms with Crippen molar-refractivity contribution in [3.63, 3.8) is 0 Å². The first-order chi connectivity index (χ1) is 20.5. The van der Waals surface area contributed by atoms with Crippen molar-refractivity contribution in [2.45, 2.75) is 51.4 Å². The number of esters is 3. The van der Waals surface area contributed by atoms with Gasteiger partial charge in [0.15, 0.2) is 25.6 Å². The Bertz CT molecular complexity index is 1470. The number of carbonyl (C=O) groups is 4. The van der Waals surface area contributed by atoms with Gasteiger partial charge < -0.3 is 33.9 Å². The van der Waals surface area contributed by atoms with Crippen molar-refractivity contribution < 1.29 is 47.8 Å². The van der Waals surface area contributed by atoms with E-state index in [0.717, 1.165) is 20.8 Å². The molecule has 0 saturated carbocycles. The third kappa shape index (κ3) is 7.19. The quantitative estimate of drug-likeness (QED) is 0.208. The minimum atomic E-state index is -3.59. The summed E-state index contributed by atoms with van der Waals surface area (Å²) in [6.45, 7) is 2.96. The number of nitrogens with one attached hydrogen (secondary N) is 1.